The Balaban J connectivity index is 6.18. The highest BCUT2D eigenvalue weighted by Gasteiger charge is 2.74. The Hall–Kier alpha value is -0.310. The van der Waals surface area contributed by atoms with Crippen molar-refractivity contribution in [2.75, 3.05) is 14.2 Å². The van der Waals surface area contributed by atoms with Crippen molar-refractivity contribution in [3.05, 3.63) is 0 Å². The van der Waals surface area contributed by atoms with E-state index < -0.39 is 36.8 Å². The third-order valence-electron chi connectivity index (χ3n) is 3.37. The van der Waals surface area contributed by atoms with Crippen LogP contribution >= 0.6 is 7.60 Å². The Morgan fingerprint density at radius 3 is 1.50 bits per heavy atom. The summed E-state index contributed by atoms with van der Waals surface area (Å²) in [5.41, 5.74) is 0. The zero-order valence-electron chi connectivity index (χ0n) is 12.9. The number of hydrogen-bond acceptors (Lipinski definition) is 4. The van der Waals surface area contributed by atoms with Crippen LogP contribution in [0.15, 0.2) is 0 Å². The molecule has 22 heavy (non-hydrogen) atoms. The van der Waals surface area contributed by atoms with Crippen LogP contribution in [-0.4, -0.2) is 37.5 Å². The van der Waals surface area contributed by atoms with Gasteiger partial charge in [-0.05, 0) is 13.8 Å². The van der Waals surface area contributed by atoms with E-state index in [1.165, 1.54) is 0 Å². The van der Waals surface area contributed by atoms with E-state index in [1.54, 1.807) is 0 Å². The molecule has 0 spiro atoms. The molecule has 0 aromatic heterocycles. The van der Waals surface area contributed by atoms with Crippen molar-refractivity contribution in [2.45, 2.75) is 51.0 Å². The molecule has 0 saturated carbocycles. The molecular weight excluding hydrogens is 341 g/mol. The third kappa shape index (κ3) is 3.44. The van der Waals surface area contributed by atoms with E-state index in [2.05, 4.69) is 13.8 Å². The lowest BCUT2D eigenvalue weighted by Gasteiger charge is -2.45. The summed E-state index contributed by atoms with van der Waals surface area (Å²) in [7, 11) is -3.11. The molecule has 11 heteroatoms. The maximum atomic E-state index is 14.6. The first-order valence-corrected chi connectivity index (χ1v) is 7.62. The van der Waals surface area contributed by atoms with Crippen LogP contribution in [0.5, 0.6) is 0 Å². The molecular formula is C11H19F6O4P. The summed E-state index contributed by atoms with van der Waals surface area (Å²) in [6, 6.07) is 0. The molecule has 0 aromatic rings. The molecule has 134 valence electrons. The Labute approximate surface area is 124 Å². The molecule has 0 radical (unpaired) electrons. The van der Waals surface area contributed by atoms with Gasteiger partial charge in [-0.2, -0.15) is 8.78 Å². The second-order valence-electron chi connectivity index (χ2n) is 5.34. The number of alkyl halides is 6. The topological polar surface area (TPSA) is 44.8 Å². The van der Waals surface area contributed by atoms with Crippen molar-refractivity contribution in [3.63, 3.8) is 0 Å². The normalized spacial score (nSPS) is 17.7. The fourth-order valence-electron chi connectivity index (χ4n) is 1.83. The summed E-state index contributed by atoms with van der Waals surface area (Å²) < 4.78 is 105. The van der Waals surface area contributed by atoms with Gasteiger partial charge in [-0.15, -0.1) is 13.2 Å². The molecule has 0 aliphatic carbocycles. The van der Waals surface area contributed by atoms with Gasteiger partial charge in [-0.25, -0.2) is 9.13 Å². The van der Waals surface area contributed by atoms with E-state index in [0.717, 1.165) is 28.1 Å². The van der Waals surface area contributed by atoms with Crippen molar-refractivity contribution < 1.29 is 44.7 Å². The number of rotatable bonds is 7. The second-order valence-corrected chi connectivity index (χ2v) is 8.19. The third-order valence-corrected chi connectivity index (χ3v) is 5.98. The summed E-state index contributed by atoms with van der Waals surface area (Å²) in [6.07, 6.45) is -5.66. The average Bonchev–Trinajstić information content (AvgIpc) is 2.34. The minimum Gasteiger partial charge on any atom is -0.311 e. The van der Waals surface area contributed by atoms with Crippen molar-refractivity contribution >= 4 is 7.60 Å². The largest absolute Gasteiger partial charge is 0.525 e. The summed E-state index contributed by atoms with van der Waals surface area (Å²) in [6.45, 7) is 2.72. The molecule has 0 saturated heterocycles. The monoisotopic (exact) mass is 360 g/mol. The van der Waals surface area contributed by atoms with Gasteiger partial charge in [-0.1, -0.05) is 13.8 Å². The lowest BCUT2D eigenvalue weighted by atomic mass is 9.89. The predicted molar refractivity (Wildman–Crippen MR) is 66.5 cm³/mol. The maximum Gasteiger partial charge on any atom is 0.525 e. The van der Waals surface area contributed by atoms with Crippen LogP contribution < -0.4 is 0 Å². The summed E-state index contributed by atoms with van der Waals surface area (Å²) in [5, 5.41) is -2.94. The quantitative estimate of drug-likeness (QED) is 0.486. The molecule has 1 atom stereocenters. The first-order valence-electron chi connectivity index (χ1n) is 6.07. The van der Waals surface area contributed by atoms with E-state index in [4.69, 9.17) is 0 Å². The molecule has 0 aliphatic heterocycles. The van der Waals surface area contributed by atoms with Crippen LogP contribution in [0.25, 0.3) is 0 Å². The summed E-state index contributed by atoms with van der Waals surface area (Å²) >= 11 is 0. The van der Waals surface area contributed by atoms with E-state index in [9.17, 15) is 30.9 Å². The van der Waals surface area contributed by atoms with Crippen LogP contribution in [0.4, 0.5) is 26.3 Å². The SMILES string of the molecule is COP(=O)(OC)C(C)(C)C(F)(F)C(F)(OC(F)(F)F)C(C)C. The predicted octanol–water partition coefficient (Wildman–Crippen LogP) is 4.74. The van der Waals surface area contributed by atoms with Crippen molar-refractivity contribution in [1.82, 2.24) is 0 Å². The van der Waals surface area contributed by atoms with Crippen LogP contribution in [0.3, 0.4) is 0 Å². The molecule has 0 amide bonds. The zero-order valence-corrected chi connectivity index (χ0v) is 13.8. The maximum absolute atomic E-state index is 14.6. The molecule has 0 rings (SSSR count). The highest BCUT2D eigenvalue weighted by Crippen LogP contribution is 2.67. The summed E-state index contributed by atoms with van der Waals surface area (Å²) in [4.78, 5) is 0. The first-order chi connectivity index (χ1) is 9.52. The highest BCUT2D eigenvalue weighted by molar-refractivity contribution is 7.55. The molecule has 0 bridgehead atoms. The molecule has 0 fully saturated rings. The van der Waals surface area contributed by atoms with Gasteiger partial charge in [0, 0.05) is 20.1 Å². The van der Waals surface area contributed by atoms with Crippen LogP contribution in [0.1, 0.15) is 27.7 Å². The Bertz CT molecular complexity index is 429. The van der Waals surface area contributed by atoms with Gasteiger partial charge in [0.05, 0.1) is 0 Å². The lowest BCUT2D eigenvalue weighted by molar-refractivity contribution is -0.441. The molecule has 0 aromatic carbocycles. The fraction of sp³-hybridized carbons (Fsp3) is 1.00. The van der Waals surface area contributed by atoms with E-state index in [-0.39, 0.29) is 0 Å². The van der Waals surface area contributed by atoms with Crippen molar-refractivity contribution in [2.24, 2.45) is 5.92 Å². The Morgan fingerprint density at radius 1 is 0.909 bits per heavy atom. The zero-order chi connectivity index (χ0) is 18.2. The minimum absolute atomic E-state index is 0.581. The van der Waals surface area contributed by atoms with Gasteiger partial charge in [0.25, 0.3) is 5.85 Å². The van der Waals surface area contributed by atoms with Crippen molar-refractivity contribution in [3.8, 4) is 0 Å². The Morgan fingerprint density at radius 2 is 1.27 bits per heavy atom. The van der Waals surface area contributed by atoms with Crippen LogP contribution in [-0.2, 0) is 18.3 Å². The van der Waals surface area contributed by atoms with Crippen LogP contribution in [0.2, 0.25) is 0 Å². The fourth-order valence-corrected chi connectivity index (χ4v) is 3.39. The first kappa shape index (κ1) is 21.7. The smallest absolute Gasteiger partial charge is 0.311 e. The average molecular weight is 360 g/mol. The van der Waals surface area contributed by atoms with Crippen molar-refractivity contribution in [1.29, 1.82) is 0 Å². The van der Waals surface area contributed by atoms with E-state index in [0.29, 0.717) is 13.8 Å². The van der Waals surface area contributed by atoms with Gasteiger partial charge < -0.3 is 9.05 Å². The van der Waals surface area contributed by atoms with Gasteiger partial charge >= 0.3 is 19.9 Å². The number of halogens is 6. The standard InChI is InChI=1S/C11H19F6O4P/c1-7(2)9(12,21-11(15,16)17)10(13,14)8(3,4)22(18,19-5)20-6/h7H,1-6H3. The van der Waals surface area contributed by atoms with Gasteiger partial charge in [0.15, 0.2) is 0 Å². The molecule has 0 N–H and O–H groups in total. The number of hydrogen-bond donors (Lipinski definition) is 0. The molecule has 4 nitrogen and oxygen atoms in total. The van der Waals surface area contributed by atoms with Crippen LogP contribution in [0, 0.1) is 5.92 Å². The number of ether oxygens (including phenoxy) is 1. The molecule has 0 heterocycles. The van der Waals surface area contributed by atoms with E-state index in [1.807, 2.05) is 0 Å². The second kappa shape index (κ2) is 6.30. The van der Waals surface area contributed by atoms with Gasteiger partial charge in [0.1, 0.15) is 5.16 Å². The molecule has 0 aliphatic rings. The van der Waals surface area contributed by atoms with Gasteiger partial charge in [-0.3, -0.25) is 4.57 Å². The van der Waals surface area contributed by atoms with E-state index >= 15 is 0 Å². The minimum atomic E-state index is -5.66. The summed E-state index contributed by atoms with van der Waals surface area (Å²) in [5.74, 6) is -11.2. The Kier molecular flexibility index (Phi) is 6.21. The highest BCUT2D eigenvalue weighted by atomic mass is 31.2. The molecule has 1 unspecified atom stereocenters. The van der Waals surface area contributed by atoms with Gasteiger partial charge in [0.2, 0.25) is 0 Å². The lowest BCUT2D eigenvalue weighted by Crippen LogP contribution is -2.62.